The highest BCUT2D eigenvalue weighted by atomic mass is 35.5. The first-order valence-electron chi connectivity index (χ1n) is 9.03. The number of pyridine rings is 1. The Labute approximate surface area is 162 Å². The van der Waals surface area contributed by atoms with Crippen molar-refractivity contribution in [1.29, 1.82) is 0 Å². The molecule has 1 aliphatic rings. The Morgan fingerprint density at radius 2 is 2.04 bits per heavy atom. The third-order valence-electron chi connectivity index (χ3n) is 4.75. The number of halogens is 1. The number of benzene rings is 1. The van der Waals surface area contributed by atoms with Gasteiger partial charge in [-0.3, -0.25) is 9.20 Å². The van der Waals surface area contributed by atoms with Gasteiger partial charge in [0.05, 0.1) is 0 Å². The van der Waals surface area contributed by atoms with Crippen molar-refractivity contribution < 1.29 is 4.79 Å². The summed E-state index contributed by atoms with van der Waals surface area (Å²) in [6.45, 7) is 0.602. The van der Waals surface area contributed by atoms with Gasteiger partial charge in [-0.25, -0.2) is 10.9 Å². The van der Waals surface area contributed by atoms with E-state index in [1.54, 1.807) is 0 Å². The molecule has 8 heteroatoms. The molecule has 0 saturated carbocycles. The fourth-order valence-corrected chi connectivity index (χ4v) is 3.41. The first-order chi connectivity index (χ1) is 13.2. The normalized spacial score (nSPS) is 19.4. The lowest BCUT2D eigenvalue weighted by Crippen LogP contribution is -2.43. The van der Waals surface area contributed by atoms with Gasteiger partial charge in [0.2, 0.25) is 5.91 Å². The van der Waals surface area contributed by atoms with Crippen LogP contribution >= 0.6 is 11.6 Å². The van der Waals surface area contributed by atoms with Gasteiger partial charge in [-0.15, -0.1) is 10.2 Å². The fourth-order valence-electron chi connectivity index (χ4n) is 3.28. The maximum absolute atomic E-state index is 12.4. The molecule has 3 N–H and O–H groups in total. The molecular weight excluding hydrogens is 364 g/mol. The maximum atomic E-state index is 12.4. The summed E-state index contributed by atoms with van der Waals surface area (Å²) in [5.41, 5.74) is 8.21. The zero-order chi connectivity index (χ0) is 18.6. The monoisotopic (exact) mass is 384 g/mol. The largest absolute Gasteiger partial charge is 0.355 e. The Morgan fingerprint density at radius 3 is 2.89 bits per heavy atom. The Bertz CT molecular complexity index is 925. The summed E-state index contributed by atoms with van der Waals surface area (Å²) < 4.78 is 1.97. The average molecular weight is 385 g/mol. The van der Waals surface area contributed by atoms with Crippen LogP contribution < -0.4 is 16.2 Å². The SMILES string of the molecule is O=C(NCCCc1nnc2ccccn12)C1CC(c2ccc(Cl)cc2)NN1. The van der Waals surface area contributed by atoms with Crippen LogP contribution in [0.3, 0.4) is 0 Å². The lowest BCUT2D eigenvalue weighted by molar-refractivity contribution is -0.122. The number of hydrogen-bond donors (Lipinski definition) is 3. The van der Waals surface area contributed by atoms with Crippen LogP contribution in [0, 0.1) is 0 Å². The Kier molecular flexibility index (Phi) is 5.33. The van der Waals surface area contributed by atoms with Crippen LogP contribution in [0.15, 0.2) is 48.7 Å². The number of hydrazine groups is 1. The number of nitrogens with one attached hydrogen (secondary N) is 3. The topological polar surface area (TPSA) is 83.4 Å². The molecule has 1 aliphatic heterocycles. The van der Waals surface area contributed by atoms with Gasteiger partial charge in [0, 0.05) is 30.2 Å². The van der Waals surface area contributed by atoms with Gasteiger partial charge in [0.25, 0.3) is 0 Å². The van der Waals surface area contributed by atoms with E-state index in [2.05, 4.69) is 26.4 Å². The molecule has 1 amide bonds. The minimum Gasteiger partial charge on any atom is -0.355 e. The minimum atomic E-state index is -0.250. The van der Waals surface area contributed by atoms with Gasteiger partial charge in [-0.1, -0.05) is 29.8 Å². The molecule has 1 aromatic carbocycles. The third kappa shape index (κ3) is 4.10. The molecule has 0 bridgehead atoms. The van der Waals surface area contributed by atoms with Gasteiger partial charge < -0.3 is 5.32 Å². The van der Waals surface area contributed by atoms with Crippen LogP contribution in [0.5, 0.6) is 0 Å². The summed E-state index contributed by atoms with van der Waals surface area (Å²) in [5, 5.41) is 12.0. The minimum absolute atomic E-state index is 0.00469. The average Bonchev–Trinajstić information content (AvgIpc) is 3.33. The smallest absolute Gasteiger partial charge is 0.238 e. The second-order valence-electron chi connectivity index (χ2n) is 6.62. The van der Waals surface area contributed by atoms with Crippen molar-refractivity contribution in [3.05, 3.63) is 65.1 Å². The molecule has 27 heavy (non-hydrogen) atoms. The Morgan fingerprint density at radius 1 is 1.19 bits per heavy atom. The number of fused-ring (bicyclic) bond motifs is 1. The van der Waals surface area contributed by atoms with Crippen molar-refractivity contribution in [1.82, 2.24) is 30.8 Å². The Balaban J connectivity index is 1.23. The molecule has 140 valence electrons. The number of carbonyl (C=O) groups excluding carboxylic acids is 1. The molecule has 3 aromatic rings. The number of nitrogens with zero attached hydrogens (tertiary/aromatic N) is 3. The van der Waals surface area contributed by atoms with Gasteiger partial charge in [-0.05, 0) is 42.7 Å². The van der Waals surface area contributed by atoms with Crippen LogP contribution in [0.2, 0.25) is 5.02 Å². The van der Waals surface area contributed by atoms with Crippen LogP contribution in [0.1, 0.15) is 30.3 Å². The summed E-state index contributed by atoms with van der Waals surface area (Å²) >= 11 is 5.93. The maximum Gasteiger partial charge on any atom is 0.238 e. The van der Waals surface area contributed by atoms with E-state index in [0.29, 0.717) is 18.0 Å². The van der Waals surface area contributed by atoms with Crippen molar-refractivity contribution >= 4 is 23.2 Å². The summed E-state index contributed by atoms with van der Waals surface area (Å²) in [6.07, 6.45) is 4.22. The molecule has 4 rings (SSSR count). The van der Waals surface area contributed by atoms with Crippen molar-refractivity contribution in [2.24, 2.45) is 0 Å². The molecular formula is C19H21ClN6O. The molecule has 7 nitrogen and oxygen atoms in total. The van der Waals surface area contributed by atoms with Gasteiger partial charge in [0.1, 0.15) is 11.9 Å². The number of aromatic nitrogens is 3. The van der Waals surface area contributed by atoms with Crippen LogP contribution in [-0.2, 0) is 11.2 Å². The van der Waals surface area contributed by atoms with Crippen molar-refractivity contribution in [2.75, 3.05) is 6.54 Å². The van der Waals surface area contributed by atoms with E-state index < -0.39 is 0 Å². The van der Waals surface area contributed by atoms with E-state index in [4.69, 9.17) is 11.6 Å². The predicted molar refractivity (Wildman–Crippen MR) is 103 cm³/mol. The number of hydrogen-bond acceptors (Lipinski definition) is 5. The third-order valence-corrected chi connectivity index (χ3v) is 5.00. The number of aryl methyl sites for hydroxylation is 1. The lowest BCUT2D eigenvalue weighted by atomic mass is 10.0. The molecule has 2 atom stereocenters. The highest BCUT2D eigenvalue weighted by molar-refractivity contribution is 6.30. The van der Waals surface area contributed by atoms with Gasteiger partial charge in [0.15, 0.2) is 5.65 Å². The standard InChI is InChI=1S/C19H21ClN6O/c20-14-8-6-13(7-9-14)15-12-16(23-22-15)19(27)21-10-3-5-18-25-24-17-4-1-2-11-26(17)18/h1-2,4,6-9,11,15-16,22-23H,3,5,10,12H2,(H,21,27). The highest BCUT2D eigenvalue weighted by Gasteiger charge is 2.29. The van der Waals surface area contributed by atoms with E-state index in [1.807, 2.05) is 53.1 Å². The number of rotatable bonds is 6. The first kappa shape index (κ1) is 17.9. The summed E-state index contributed by atoms with van der Waals surface area (Å²) in [7, 11) is 0. The zero-order valence-corrected chi connectivity index (χ0v) is 15.5. The number of carbonyl (C=O) groups is 1. The summed E-state index contributed by atoms with van der Waals surface area (Å²) in [6, 6.07) is 13.3. The molecule has 0 radical (unpaired) electrons. The van der Waals surface area contributed by atoms with Gasteiger partial charge in [-0.2, -0.15) is 0 Å². The van der Waals surface area contributed by atoms with E-state index in [0.717, 1.165) is 29.9 Å². The molecule has 1 saturated heterocycles. The quantitative estimate of drug-likeness (QED) is 0.566. The second-order valence-corrected chi connectivity index (χ2v) is 7.06. The second kappa shape index (κ2) is 8.04. The van der Waals surface area contributed by atoms with Crippen LogP contribution in [0.4, 0.5) is 0 Å². The molecule has 2 unspecified atom stereocenters. The number of amides is 1. The van der Waals surface area contributed by atoms with E-state index in [1.165, 1.54) is 0 Å². The molecule has 2 aromatic heterocycles. The van der Waals surface area contributed by atoms with Crippen molar-refractivity contribution in [3.8, 4) is 0 Å². The fraction of sp³-hybridized carbons (Fsp3) is 0.316. The molecule has 0 aliphatic carbocycles. The predicted octanol–water partition coefficient (Wildman–Crippen LogP) is 2.04. The van der Waals surface area contributed by atoms with Crippen LogP contribution in [0.25, 0.3) is 5.65 Å². The van der Waals surface area contributed by atoms with E-state index in [9.17, 15) is 4.79 Å². The zero-order valence-electron chi connectivity index (χ0n) is 14.7. The first-order valence-corrected chi connectivity index (χ1v) is 9.41. The molecule has 0 spiro atoms. The van der Waals surface area contributed by atoms with Gasteiger partial charge >= 0.3 is 0 Å². The summed E-state index contributed by atoms with van der Waals surface area (Å²) in [5.74, 6) is 0.911. The highest BCUT2D eigenvalue weighted by Crippen LogP contribution is 2.23. The van der Waals surface area contributed by atoms with E-state index >= 15 is 0 Å². The summed E-state index contributed by atoms with van der Waals surface area (Å²) in [4.78, 5) is 12.4. The molecule has 3 heterocycles. The Hall–Kier alpha value is -2.48. The van der Waals surface area contributed by atoms with Crippen molar-refractivity contribution in [2.45, 2.75) is 31.3 Å². The lowest BCUT2D eigenvalue weighted by Gasteiger charge is -2.10. The van der Waals surface area contributed by atoms with Crippen molar-refractivity contribution in [3.63, 3.8) is 0 Å². The van der Waals surface area contributed by atoms with E-state index in [-0.39, 0.29) is 18.0 Å². The van der Waals surface area contributed by atoms with Crippen LogP contribution in [-0.4, -0.2) is 33.1 Å². The molecule has 1 fully saturated rings.